The number of carbonyl (C=O) groups excluding carboxylic acids is 1. The van der Waals surface area contributed by atoms with Gasteiger partial charge in [-0.15, -0.1) is 0 Å². The molecule has 1 amide bonds. The third-order valence-electron chi connectivity index (χ3n) is 4.54. The molecule has 1 aliphatic rings. The number of carbonyl (C=O) groups is 1. The van der Waals surface area contributed by atoms with E-state index >= 15 is 0 Å². The van der Waals surface area contributed by atoms with Crippen molar-refractivity contribution < 1.29 is 9.18 Å². The van der Waals surface area contributed by atoms with Gasteiger partial charge >= 0.3 is 0 Å². The summed E-state index contributed by atoms with van der Waals surface area (Å²) in [5, 5.41) is 7.40. The van der Waals surface area contributed by atoms with Crippen molar-refractivity contribution in [2.75, 3.05) is 5.32 Å². The van der Waals surface area contributed by atoms with Crippen LogP contribution in [0.1, 0.15) is 40.5 Å². The van der Waals surface area contributed by atoms with E-state index in [0.717, 1.165) is 22.6 Å². The highest BCUT2D eigenvalue weighted by atomic mass is 19.1. The molecule has 3 heterocycles. The van der Waals surface area contributed by atoms with Gasteiger partial charge in [0.25, 0.3) is 5.95 Å². The van der Waals surface area contributed by atoms with E-state index in [1.165, 1.54) is 10.7 Å². The van der Waals surface area contributed by atoms with Crippen molar-refractivity contribution in [3.8, 4) is 5.95 Å². The van der Waals surface area contributed by atoms with E-state index in [1.54, 1.807) is 18.2 Å². The molecule has 1 aliphatic heterocycles. The molecule has 0 saturated carbocycles. The molecule has 132 valence electrons. The van der Waals surface area contributed by atoms with Crippen molar-refractivity contribution >= 4 is 11.7 Å². The molecule has 0 saturated heterocycles. The first-order valence-corrected chi connectivity index (χ1v) is 8.40. The molecule has 6 nitrogen and oxygen atoms in total. The number of benzene rings is 1. The Balaban J connectivity index is 1.92. The summed E-state index contributed by atoms with van der Waals surface area (Å²) in [6.45, 7) is 5.60. The summed E-state index contributed by atoms with van der Waals surface area (Å²) in [7, 11) is 0. The topological polar surface area (TPSA) is 72.7 Å². The lowest BCUT2D eigenvalue weighted by Crippen LogP contribution is -2.25. The maximum atomic E-state index is 14.4. The second-order valence-corrected chi connectivity index (χ2v) is 6.54. The average Bonchev–Trinajstić information content (AvgIpc) is 2.90. The Morgan fingerprint density at radius 3 is 2.54 bits per heavy atom. The van der Waals surface area contributed by atoms with Crippen molar-refractivity contribution in [2.24, 2.45) is 0 Å². The number of aryl methyl sites for hydroxylation is 3. The monoisotopic (exact) mass is 351 g/mol. The molecule has 2 aromatic heterocycles. The molecule has 0 unspecified atom stereocenters. The fourth-order valence-corrected chi connectivity index (χ4v) is 3.52. The number of anilines is 1. The lowest BCUT2D eigenvalue weighted by molar-refractivity contribution is -0.116. The largest absolute Gasteiger partial charge is 0.310 e. The SMILES string of the molecule is Cc1cc(C)nc(-n2nc(C)c3c2NC(=O)C[C@@H]3c2ccccc2F)n1. The highest BCUT2D eigenvalue weighted by Gasteiger charge is 2.34. The number of amides is 1. The van der Waals surface area contributed by atoms with Crippen LogP contribution in [-0.2, 0) is 4.79 Å². The van der Waals surface area contributed by atoms with Crippen LogP contribution in [0.3, 0.4) is 0 Å². The van der Waals surface area contributed by atoms with Gasteiger partial charge in [0.15, 0.2) is 0 Å². The lowest BCUT2D eigenvalue weighted by atomic mass is 9.85. The Morgan fingerprint density at radius 2 is 1.85 bits per heavy atom. The standard InChI is InChI=1S/C19H18FN5O/c1-10-8-11(2)22-19(21-10)25-18-17(12(3)24-25)14(9-16(26)23-18)13-6-4-5-7-15(13)20/h4-8,14H,9H2,1-3H3,(H,23,26)/t14-/m1/s1. The average molecular weight is 351 g/mol. The second-order valence-electron chi connectivity index (χ2n) is 6.54. The number of halogens is 1. The summed E-state index contributed by atoms with van der Waals surface area (Å²) in [4.78, 5) is 21.2. The zero-order chi connectivity index (χ0) is 18.4. The van der Waals surface area contributed by atoms with Crippen molar-refractivity contribution in [1.29, 1.82) is 0 Å². The van der Waals surface area contributed by atoms with E-state index in [2.05, 4.69) is 20.4 Å². The van der Waals surface area contributed by atoms with Gasteiger partial charge in [-0.25, -0.2) is 14.4 Å². The second kappa shape index (κ2) is 6.01. The maximum Gasteiger partial charge on any atom is 0.252 e. The van der Waals surface area contributed by atoms with Gasteiger partial charge in [0.2, 0.25) is 5.91 Å². The van der Waals surface area contributed by atoms with Gasteiger partial charge in [0, 0.05) is 29.3 Å². The van der Waals surface area contributed by atoms with Gasteiger partial charge in [0.05, 0.1) is 5.69 Å². The van der Waals surface area contributed by atoms with Crippen LogP contribution in [0.4, 0.5) is 10.2 Å². The fraction of sp³-hybridized carbons (Fsp3) is 0.263. The Labute approximate surface area is 150 Å². The molecule has 0 spiro atoms. The summed E-state index contributed by atoms with van der Waals surface area (Å²) in [5.41, 5.74) is 3.63. The lowest BCUT2D eigenvalue weighted by Gasteiger charge is -2.24. The van der Waals surface area contributed by atoms with Crippen molar-refractivity contribution in [2.45, 2.75) is 33.1 Å². The molecule has 0 radical (unpaired) electrons. The highest BCUT2D eigenvalue weighted by molar-refractivity contribution is 5.95. The third kappa shape index (κ3) is 2.65. The van der Waals surface area contributed by atoms with Crippen LogP contribution >= 0.6 is 0 Å². The molecule has 0 fully saturated rings. The van der Waals surface area contributed by atoms with Gasteiger partial charge in [-0.2, -0.15) is 9.78 Å². The van der Waals surface area contributed by atoms with Crippen LogP contribution < -0.4 is 5.32 Å². The van der Waals surface area contributed by atoms with Crippen LogP contribution in [0.15, 0.2) is 30.3 Å². The van der Waals surface area contributed by atoms with Crippen molar-refractivity contribution in [3.05, 3.63) is 64.4 Å². The van der Waals surface area contributed by atoms with E-state index in [1.807, 2.05) is 26.8 Å². The number of hydrogen-bond donors (Lipinski definition) is 1. The predicted octanol–water partition coefficient (Wildman–Crippen LogP) is 3.20. The minimum Gasteiger partial charge on any atom is -0.310 e. The zero-order valence-electron chi connectivity index (χ0n) is 14.7. The van der Waals surface area contributed by atoms with E-state index in [-0.39, 0.29) is 24.1 Å². The van der Waals surface area contributed by atoms with Gasteiger partial charge in [0.1, 0.15) is 11.6 Å². The normalized spacial score (nSPS) is 16.3. The summed E-state index contributed by atoms with van der Waals surface area (Å²) < 4.78 is 15.9. The number of nitrogens with zero attached hydrogens (tertiary/aromatic N) is 4. The number of fused-ring (bicyclic) bond motifs is 1. The molecule has 7 heteroatoms. The molecule has 1 aromatic carbocycles. The number of aromatic nitrogens is 4. The Kier molecular flexibility index (Phi) is 3.79. The Bertz CT molecular complexity index is 1010. The predicted molar refractivity (Wildman–Crippen MR) is 94.9 cm³/mol. The van der Waals surface area contributed by atoms with Gasteiger partial charge < -0.3 is 5.32 Å². The Morgan fingerprint density at radius 1 is 1.15 bits per heavy atom. The van der Waals surface area contributed by atoms with Crippen molar-refractivity contribution in [1.82, 2.24) is 19.7 Å². The van der Waals surface area contributed by atoms with Gasteiger partial charge in [-0.05, 0) is 38.5 Å². The highest BCUT2D eigenvalue weighted by Crippen LogP contribution is 2.40. The van der Waals surface area contributed by atoms with Crippen LogP contribution in [0.2, 0.25) is 0 Å². The third-order valence-corrected chi connectivity index (χ3v) is 4.54. The molecular formula is C19H18FN5O. The minimum absolute atomic E-state index is 0.175. The minimum atomic E-state index is -0.389. The number of hydrogen-bond acceptors (Lipinski definition) is 4. The van der Waals surface area contributed by atoms with Crippen LogP contribution in [-0.4, -0.2) is 25.7 Å². The summed E-state index contributed by atoms with van der Waals surface area (Å²) >= 11 is 0. The first-order chi connectivity index (χ1) is 12.4. The zero-order valence-corrected chi connectivity index (χ0v) is 14.7. The quantitative estimate of drug-likeness (QED) is 0.769. The molecule has 1 atom stereocenters. The van der Waals surface area contributed by atoms with Crippen LogP contribution in [0.5, 0.6) is 0 Å². The summed E-state index contributed by atoms with van der Waals surface area (Å²) in [6.07, 6.45) is 0.175. The molecule has 4 rings (SSSR count). The maximum absolute atomic E-state index is 14.4. The van der Waals surface area contributed by atoms with Gasteiger partial charge in [-0.1, -0.05) is 18.2 Å². The molecule has 0 aliphatic carbocycles. The fourth-order valence-electron chi connectivity index (χ4n) is 3.52. The van der Waals surface area contributed by atoms with Crippen molar-refractivity contribution in [3.63, 3.8) is 0 Å². The van der Waals surface area contributed by atoms with Crippen LogP contribution in [0.25, 0.3) is 5.95 Å². The van der Waals surface area contributed by atoms with E-state index in [9.17, 15) is 9.18 Å². The van der Waals surface area contributed by atoms with E-state index in [4.69, 9.17) is 0 Å². The summed E-state index contributed by atoms with van der Waals surface area (Å²) in [6, 6.07) is 8.41. The Hall–Kier alpha value is -3.09. The molecular weight excluding hydrogens is 333 g/mol. The molecule has 1 N–H and O–H groups in total. The first-order valence-electron chi connectivity index (χ1n) is 8.40. The summed E-state index contributed by atoms with van der Waals surface area (Å²) in [5.74, 6) is 0.00201. The molecule has 26 heavy (non-hydrogen) atoms. The number of nitrogens with one attached hydrogen (secondary N) is 1. The van der Waals surface area contributed by atoms with E-state index < -0.39 is 0 Å². The van der Waals surface area contributed by atoms with E-state index in [0.29, 0.717) is 17.3 Å². The van der Waals surface area contributed by atoms with Crippen LogP contribution in [0, 0.1) is 26.6 Å². The molecule has 0 bridgehead atoms. The number of rotatable bonds is 2. The van der Waals surface area contributed by atoms with Gasteiger partial charge in [-0.3, -0.25) is 4.79 Å². The first kappa shape index (κ1) is 16.4. The molecule has 3 aromatic rings. The smallest absolute Gasteiger partial charge is 0.252 e.